The molecule has 1 saturated heterocycles. The number of rotatable bonds is 4. The summed E-state index contributed by atoms with van der Waals surface area (Å²) in [4.78, 5) is 42.1. The Bertz CT molecular complexity index is 1230. The second-order valence-corrected chi connectivity index (χ2v) is 8.09. The normalized spacial score (nSPS) is 15.7. The Kier molecular flexibility index (Phi) is 6.67. The number of carbonyl (C=O) groups is 3. The molecule has 0 spiro atoms. The smallest absolute Gasteiger partial charge is 0.256 e. The monoisotopic (exact) mass is 463 g/mol. The standard InChI is InChI=1S/C26H23F2N3O3/c1-17-16-30(13-14-31(17)25(33)18-11-12-22(27)23(28)15-18)26(34)21-10-6-5-9-20(21)24(32)29-19-7-3-2-4-8-19/h2-12,15,17H,13-14,16H2,1H3,(H,29,32). The van der Waals surface area contributed by atoms with E-state index in [-0.39, 0.29) is 48.3 Å². The molecule has 8 heteroatoms. The van der Waals surface area contributed by atoms with Crippen molar-refractivity contribution in [2.75, 3.05) is 25.0 Å². The molecule has 34 heavy (non-hydrogen) atoms. The molecule has 6 nitrogen and oxygen atoms in total. The predicted molar refractivity (Wildman–Crippen MR) is 124 cm³/mol. The number of benzene rings is 3. The molecule has 0 aromatic heterocycles. The first-order valence-electron chi connectivity index (χ1n) is 10.9. The summed E-state index contributed by atoms with van der Waals surface area (Å²) in [6, 6.07) is 18.2. The molecular formula is C26H23F2N3O3. The third kappa shape index (κ3) is 4.80. The maximum atomic E-state index is 13.6. The van der Waals surface area contributed by atoms with E-state index in [0.717, 1.165) is 12.1 Å². The summed E-state index contributed by atoms with van der Waals surface area (Å²) in [6.07, 6.45) is 0. The molecule has 1 N–H and O–H groups in total. The van der Waals surface area contributed by atoms with Gasteiger partial charge >= 0.3 is 0 Å². The summed E-state index contributed by atoms with van der Waals surface area (Å²) in [5.41, 5.74) is 1.19. The Balaban J connectivity index is 1.47. The lowest BCUT2D eigenvalue weighted by Crippen LogP contribution is -2.55. The van der Waals surface area contributed by atoms with E-state index < -0.39 is 23.4 Å². The fourth-order valence-corrected chi connectivity index (χ4v) is 4.00. The van der Waals surface area contributed by atoms with Gasteiger partial charge in [-0.3, -0.25) is 14.4 Å². The lowest BCUT2D eigenvalue weighted by Gasteiger charge is -2.40. The van der Waals surface area contributed by atoms with Gasteiger partial charge < -0.3 is 15.1 Å². The third-order valence-corrected chi connectivity index (χ3v) is 5.78. The van der Waals surface area contributed by atoms with Crippen molar-refractivity contribution in [1.82, 2.24) is 9.80 Å². The zero-order valence-corrected chi connectivity index (χ0v) is 18.5. The summed E-state index contributed by atoms with van der Waals surface area (Å²) in [5.74, 6) is -3.24. The highest BCUT2D eigenvalue weighted by atomic mass is 19.2. The van der Waals surface area contributed by atoms with Crippen molar-refractivity contribution >= 4 is 23.4 Å². The molecule has 1 heterocycles. The zero-order valence-electron chi connectivity index (χ0n) is 18.5. The van der Waals surface area contributed by atoms with E-state index in [4.69, 9.17) is 0 Å². The van der Waals surface area contributed by atoms with Gasteiger partial charge in [0.05, 0.1) is 11.1 Å². The number of hydrogen-bond acceptors (Lipinski definition) is 3. The van der Waals surface area contributed by atoms with Crippen molar-refractivity contribution in [3.8, 4) is 0 Å². The van der Waals surface area contributed by atoms with Gasteiger partial charge in [-0.1, -0.05) is 30.3 Å². The van der Waals surface area contributed by atoms with Crippen LogP contribution in [0.4, 0.5) is 14.5 Å². The van der Waals surface area contributed by atoms with Crippen molar-refractivity contribution in [2.24, 2.45) is 0 Å². The maximum Gasteiger partial charge on any atom is 0.256 e. The average molecular weight is 463 g/mol. The SMILES string of the molecule is CC1CN(C(=O)c2ccccc2C(=O)Nc2ccccc2)CCN1C(=O)c1ccc(F)c(F)c1. The van der Waals surface area contributed by atoms with Gasteiger partial charge in [-0.15, -0.1) is 0 Å². The Labute approximate surface area is 195 Å². The topological polar surface area (TPSA) is 69.7 Å². The highest BCUT2D eigenvalue weighted by Crippen LogP contribution is 2.20. The molecule has 0 radical (unpaired) electrons. The molecule has 1 aliphatic heterocycles. The highest BCUT2D eigenvalue weighted by Gasteiger charge is 2.32. The van der Waals surface area contributed by atoms with E-state index in [1.807, 2.05) is 6.07 Å². The first-order valence-corrected chi connectivity index (χ1v) is 10.9. The number of halogens is 2. The number of piperazine rings is 1. The van der Waals surface area contributed by atoms with Crippen LogP contribution in [0.3, 0.4) is 0 Å². The Morgan fingerprint density at radius 2 is 1.50 bits per heavy atom. The zero-order chi connectivity index (χ0) is 24.2. The van der Waals surface area contributed by atoms with E-state index in [1.54, 1.807) is 60.4 Å². The second kappa shape index (κ2) is 9.82. The van der Waals surface area contributed by atoms with Crippen LogP contribution in [0, 0.1) is 11.6 Å². The van der Waals surface area contributed by atoms with E-state index >= 15 is 0 Å². The van der Waals surface area contributed by atoms with Crippen LogP contribution in [-0.2, 0) is 0 Å². The van der Waals surface area contributed by atoms with Gasteiger partial charge in [0.1, 0.15) is 0 Å². The minimum absolute atomic E-state index is 0.0495. The number of carbonyl (C=O) groups excluding carboxylic acids is 3. The lowest BCUT2D eigenvalue weighted by atomic mass is 10.0. The number of nitrogens with one attached hydrogen (secondary N) is 1. The number of nitrogens with zero attached hydrogens (tertiary/aromatic N) is 2. The summed E-state index contributed by atoms with van der Waals surface area (Å²) >= 11 is 0. The van der Waals surface area contributed by atoms with Gasteiger partial charge in [0, 0.05) is 36.9 Å². The van der Waals surface area contributed by atoms with E-state index in [9.17, 15) is 23.2 Å². The van der Waals surface area contributed by atoms with Crippen molar-refractivity contribution in [3.05, 3.63) is 101 Å². The van der Waals surface area contributed by atoms with Crippen LogP contribution in [0.25, 0.3) is 0 Å². The molecule has 1 aliphatic rings. The van der Waals surface area contributed by atoms with Crippen LogP contribution >= 0.6 is 0 Å². The molecule has 174 valence electrons. The predicted octanol–water partition coefficient (Wildman–Crippen LogP) is 4.20. The quantitative estimate of drug-likeness (QED) is 0.631. The highest BCUT2D eigenvalue weighted by molar-refractivity contribution is 6.12. The first-order chi connectivity index (χ1) is 16.3. The second-order valence-electron chi connectivity index (χ2n) is 8.09. The van der Waals surface area contributed by atoms with Crippen LogP contribution in [0.2, 0.25) is 0 Å². The fourth-order valence-electron chi connectivity index (χ4n) is 4.00. The maximum absolute atomic E-state index is 13.6. The number of amides is 3. The summed E-state index contributed by atoms with van der Waals surface area (Å²) in [6.45, 7) is 2.49. The molecule has 4 rings (SSSR count). The van der Waals surface area contributed by atoms with Gasteiger partial charge in [-0.2, -0.15) is 0 Å². The first kappa shape index (κ1) is 23.1. The van der Waals surface area contributed by atoms with Gasteiger partial charge in [0.15, 0.2) is 11.6 Å². The van der Waals surface area contributed by atoms with Crippen molar-refractivity contribution < 1.29 is 23.2 Å². The number of anilines is 1. The third-order valence-electron chi connectivity index (χ3n) is 5.78. The molecule has 0 bridgehead atoms. The molecule has 3 amide bonds. The molecule has 1 unspecified atom stereocenters. The summed E-state index contributed by atoms with van der Waals surface area (Å²) in [7, 11) is 0. The average Bonchev–Trinajstić information content (AvgIpc) is 2.85. The van der Waals surface area contributed by atoms with Gasteiger partial charge in [-0.05, 0) is 49.4 Å². The summed E-state index contributed by atoms with van der Waals surface area (Å²) in [5, 5.41) is 2.79. The Morgan fingerprint density at radius 1 is 0.824 bits per heavy atom. The van der Waals surface area contributed by atoms with Crippen LogP contribution in [0.15, 0.2) is 72.8 Å². The van der Waals surface area contributed by atoms with E-state index in [2.05, 4.69) is 5.32 Å². The molecule has 0 aliphatic carbocycles. The molecule has 3 aromatic rings. The van der Waals surface area contributed by atoms with Crippen LogP contribution in [0.1, 0.15) is 38.0 Å². The van der Waals surface area contributed by atoms with Crippen LogP contribution < -0.4 is 5.32 Å². The van der Waals surface area contributed by atoms with Crippen molar-refractivity contribution in [2.45, 2.75) is 13.0 Å². The molecule has 3 aromatic carbocycles. The number of hydrogen-bond donors (Lipinski definition) is 1. The minimum Gasteiger partial charge on any atom is -0.335 e. The Hall–Kier alpha value is -4.07. The molecule has 1 atom stereocenters. The van der Waals surface area contributed by atoms with Gasteiger partial charge in [0.2, 0.25) is 0 Å². The largest absolute Gasteiger partial charge is 0.335 e. The lowest BCUT2D eigenvalue weighted by molar-refractivity contribution is 0.0413. The van der Waals surface area contributed by atoms with Crippen LogP contribution in [0.5, 0.6) is 0 Å². The minimum atomic E-state index is -1.09. The molecule has 0 saturated carbocycles. The molecular weight excluding hydrogens is 440 g/mol. The Morgan fingerprint density at radius 3 is 2.18 bits per heavy atom. The van der Waals surface area contributed by atoms with Crippen molar-refractivity contribution in [1.29, 1.82) is 0 Å². The van der Waals surface area contributed by atoms with Gasteiger partial charge in [0.25, 0.3) is 17.7 Å². The fraction of sp³-hybridized carbons (Fsp3) is 0.192. The van der Waals surface area contributed by atoms with Crippen molar-refractivity contribution in [3.63, 3.8) is 0 Å². The van der Waals surface area contributed by atoms with Crippen LogP contribution in [-0.4, -0.2) is 53.2 Å². The summed E-state index contributed by atoms with van der Waals surface area (Å²) < 4.78 is 26.8. The number of para-hydroxylation sites is 1. The molecule has 1 fully saturated rings. The van der Waals surface area contributed by atoms with Gasteiger partial charge in [-0.25, -0.2) is 8.78 Å². The van der Waals surface area contributed by atoms with E-state index in [0.29, 0.717) is 5.69 Å². The van der Waals surface area contributed by atoms with E-state index in [1.165, 1.54) is 11.0 Å².